The minimum absolute atomic E-state index is 0.335. The molecule has 0 atom stereocenters. The monoisotopic (exact) mass is 373 g/mol. The molecule has 7 heteroatoms. The molecule has 1 aromatic carbocycles. The van der Waals surface area contributed by atoms with Gasteiger partial charge in [-0.05, 0) is 38.5 Å². The van der Waals surface area contributed by atoms with E-state index in [1.165, 1.54) is 16.9 Å². The van der Waals surface area contributed by atoms with Crippen molar-refractivity contribution in [1.29, 1.82) is 0 Å². The van der Waals surface area contributed by atoms with Crippen LogP contribution in [0.15, 0.2) is 29.2 Å². The van der Waals surface area contributed by atoms with E-state index in [1.54, 1.807) is 18.7 Å². The number of rotatable bonds is 5. The van der Waals surface area contributed by atoms with Crippen molar-refractivity contribution in [2.24, 2.45) is 0 Å². The van der Waals surface area contributed by atoms with Gasteiger partial charge in [0.05, 0.1) is 17.7 Å². The Kier molecular flexibility index (Phi) is 5.24. The maximum atomic E-state index is 12.1. The summed E-state index contributed by atoms with van der Waals surface area (Å²) in [4.78, 5) is 23.5. The van der Waals surface area contributed by atoms with Crippen LogP contribution in [0, 0.1) is 13.8 Å². The summed E-state index contributed by atoms with van der Waals surface area (Å²) in [6.45, 7) is 6.04. The molecular weight excluding hydrogens is 354 g/mol. The van der Waals surface area contributed by atoms with Gasteiger partial charge in [0, 0.05) is 4.90 Å². The van der Waals surface area contributed by atoms with Gasteiger partial charge in [-0.25, -0.2) is 14.8 Å². The average Bonchev–Trinajstić information content (AvgIpc) is 2.91. The molecule has 0 aliphatic rings. The van der Waals surface area contributed by atoms with E-state index in [0.29, 0.717) is 28.9 Å². The number of nitrogen functional groups attached to an aromatic ring is 1. The van der Waals surface area contributed by atoms with Gasteiger partial charge in [0.25, 0.3) is 0 Å². The molecule has 0 bridgehead atoms. The standard InChI is InChI=1S/C18H19N3O2S2/c1-4-23-18(22)15-11(3)14-16(19)20-13(21-17(14)25-15)9-24-12-7-5-6-10(2)8-12/h5-8H,4,9H2,1-3H3,(H2,19,20,21). The Morgan fingerprint density at radius 1 is 1.32 bits per heavy atom. The van der Waals surface area contributed by atoms with Crippen molar-refractivity contribution < 1.29 is 9.53 Å². The zero-order chi connectivity index (χ0) is 18.0. The predicted octanol–water partition coefficient (Wildman–Crippen LogP) is 4.36. The highest BCUT2D eigenvalue weighted by Crippen LogP contribution is 2.34. The smallest absolute Gasteiger partial charge is 0.348 e. The van der Waals surface area contributed by atoms with E-state index >= 15 is 0 Å². The molecule has 0 spiro atoms. The summed E-state index contributed by atoms with van der Waals surface area (Å²) in [6, 6.07) is 8.29. The number of esters is 1. The maximum Gasteiger partial charge on any atom is 0.348 e. The molecule has 0 amide bonds. The molecular formula is C18H19N3O2S2. The van der Waals surface area contributed by atoms with Crippen molar-refractivity contribution in [2.45, 2.75) is 31.4 Å². The molecule has 130 valence electrons. The summed E-state index contributed by atoms with van der Waals surface area (Å²) in [5, 5.41) is 0.748. The van der Waals surface area contributed by atoms with Crippen LogP contribution in [-0.4, -0.2) is 22.5 Å². The van der Waals surface area contributed by atoms with Gasteiger partial charge in [-0.3, -0.25) is 0 Å². The zero-order valence-corrected chi connectivity index (χ0v) is 16.0. The lowest BCUT2D eigenvalue weighted by molar-refractivity contribution is 0.0531. The van der Waals surface area contributed by atoms with Crippen molar-refractivity contribution in [3.8, 4) is 0 Å². The van der Waals surface area contributed by atoms with Crippen molar-refractivity contribution in [1.82, 2.24) is 9.97 Å². The molecule has 0 saturated carbocycles. The predicted molar refractivity (Wildman–Crippen MR) is 103 cm³/mol. The Morgan fingerprint density at radius 2 is 2.12 bits per heavy atom. The first-order valence-electron chi connectivity index (χ1n) is 7.91. The molecule has 25 heavy (non-hydrogen) atoms. The lowest BCUT2D eigenvalue weighted by Gasteiger charge is -2.04. The van der Waals surface area contributed by atoms with Crippen LogP contribution >= 0.6 is 23.1 Å². The number of thiophene rings is 1. The van der Waals surface area contributed by atoms with E-state index in [-0.39, 0.29) is 5.97 Å². The topological polar surface area (TPSA) is 78.1 Å². The highest BCUT2D eigenvalue weighted by Gasteiger charge is 2.20. The summed E-state index contributed by atoms with van der Waals surface area (Å²) < 4.78 is 5.10. The summed E-state index contributed by atoms with van der Waals surface area (Å²) in [7, 11) is 0. The Hall–Kier alpha value is -2.12. The van der Waals surface area contributed by atoms with Crippen LogP contribution in [0.2, 0.25) is 0 Å². The number of fused-ring (bicyclic) bond motifs is 1. The molecule has 0 unspecified atom stereocenters. The van der Waals surface area contributed by atoms with Crippen molar-refractivity contribution in [3.63, 3.8) is 0 Å². The molecule has 5 nitrogen and oxygen atoms in total. The fourth-order valence-corrected chi connectivity index (χ4v) is 4.50. The molecule has 2 heterocycles. The third-order valence-electron chi connectivity index (χ3n) is 3.68. The molecule has 0 aliphatic heterocycles. The third-order valence-corrected chi connectivity index (χ3v) is 5.84. The largest absolute Gasteiger partial charge is 0.462 e. The lowest BCUT2D eigenvalue weighted by atomic mass is 10.2. The van der Waals surface area contributed by atoms with E-state index in [1.807, 2.05) is 13.0 Å². The molecule has 2 aromatic heterocycles. The second-order valence-corrected chi connectivity index (χ2v) is 7.63. The summed E-state index contributed by atoms with van der Waals surface area (Å²) in [5.74, 6) is 1.36. The van der Waals surface area contributed by atoms with Gasteiger partial charge in [0.2, 0.25) is 0 Å². The maximum absolute atomic E-state index is 12.1. The number of carbonyl (C=O) groups is 1. The Bertz CT molecular complexity index is 937. The van der Waals surface area contributed by atoms with E-state index < -0.39 is 0 Å². The Morgan fingerprint density at radius 3 is 2.84 bits per heavy atom. The van der Waals surface area contributed by atoms with Crippen LogP contribution in [0.3, 0.4) is 0 Å². The zero-order valence-electron chi connectivity index (χ0n) is 14.3. The van der Waals surface area contributed by atoms with Crippen LogP contribution < -0.4 is 5.73 Å². The highest BCUT2D eigenvalue weighted by atomic mass is 32.2. The van der Waals surface area contributed by atoms with Crippen LogP contribution in [-0.2, 0) is 10.5 Å². The van der Waals surface area contributed by atoms with Crippen molar-refractivity contribution in [3.05, 3.63) is 46.1 Å². The molecule has 3 aromatic rings. The van der Waals surface area contributed by atoms with Crippen LogP contribution in [0.25, 0.3) is 10.2 Å². The fraction of sp³-hybridized carbons (Fsp3) is 0.278. The highest BCUT2D eigenvalue weighted by molar-refractivity contribution is 7.98. The SMILES string of the molecule is CCOC(=O)c1sc2nc(CSc3cccc(C)c3)nc(N)c2c1C. The first-order valence-corrected chi connectivity index (χ1v) is 9.72. The van der Waals surface area contributed by atoms with Crippen LogP contribution in [0.5, 0.6) is 0 Å². The quantitative estimate of drug-likeness (QED) is 0.529. The molecule has 0 saturated heterocycles. The number of nitrogens with zero attached hydrogens (tertiary/aromatic N) is 2. The second kappa shape index (κ2) is 7.41. The van der Waals surface area contributed by atoms with E-state index in [9.17, 15) is 4.79 Å². The summed E-state index contributed by atoms with van der Waals surface area (Å²) >= 11 is 2.97. The number of nitrogens with two attached hydrogens (primary N) is 1. The number of thioether (sulfide) groups is 1. The summed E-state index contributed by atoms with van der Waals surface area (Å²) in [5.41, 5.74) is 8.14. The lowest BCUT2D eigenvalue weighted by Crippen LogP contribution is -2.03. The van der Waals surface area contributed by atoms with Crippen LogP contribution in [0.4, 0.5) is 5.82 Å². The fourth-order valence-electron chi connectivity index (χ4n) is 2.52. The van der Waals surface area contributed by atoms with Gasteiger partial charge in [-0.2, -0.15) is 0 Å². The Labute approximate surface area is 154 Å². The number of ether oxygens (including phenoxy) is 1. The first-order chi connectivity index (χ1) is 12.0. The van der Waals surface area contributed by atoms with Gasteiger partial charge >= 0.3 is 5.97 Å². The van der Waals surface area contributed by atoms with E-state index in [4.69, 9.17) is 10.5 Å². The number of aromatic nitrogens is 2. The average molecular weight is 374 g/mol. The molecule has 0 radical (unpaired) electrons. The number of hydrogen-bond donors (Lipinski definition) is 1. The minimum Gasteiger partial charge on any atom is -0.462 e. The first kappa shape index (κ1) is 17.7. The number of benzene rings is 1. The second-order valence-electron chi connectivity index (χ2n) is 5.59. The van der Waals surface area contributed by atoms with Crippen molar-refractivity contribution in [2.75, 3.05) is 12.3 Å². The minimum atomic E-state index is -0.335. The van der Waals surface area contributed by atoms with E-state index in [2.05, 4.69) is 35.1 Å². The number of anilines is 1. The number of hydrogen-bond acceptors (Lipinski definition) is 7. The molecule has 3 rings (SSSR count). The van der Waals surface area contributed by atoms with Gasteiger partial charge in [0.15, 0.2) is 0 Å². The normalized spacial score (nSPS) is 11.0. The molecule has 0 fully saturated rings. The third kappa shape index (κ3) is 3.77. The van der Waals surface area contributed by atoms with Gasteiger partial charge in [-0.1, -0.05) is 17.7 Å². The van der Waals surface area contributed by atoms with E-state index in [0.717, 1.165) is 20.7 Å². The van der Waals surface area contributed by atoms with Crippen LogP contribution in [0.1, 0.15) is 33.5 Å². The van der Waals surface area contributed by atoms with Gasteiger partial charge in [0.1, 0.15) is 21.3 Å². The number of carbonyl (C=O) groups excluding carboxylic acids is 1. The Balaban J connectivity index is 1.89. The number of aryl methyl sites for hydroxylation is 2. The molecule has 0 aliphatic carbocycles. The van der Waals surface area contributed by atoms with Crippen molar-refractivity contribution >= 4 is 45.1 Å². The molecule has 2 N–H and O–H groups in total. The van der Waals surface area contributed by atoms with Gasteiger partial charge < -0.3 is 10.5 Å². The summed E-state index contributed by atoms with van der Waals surface area (Å²) in [6.07, 6.45) is 0. The van der Waals surface area contributed by atoms with Gasteiger partial charge in [-0.15, -0.1) is 23.1 Å².